The van der Waals surface area contributed by atoms with Crippen molar-refractivity contribution >= 4 is 50.1 Å². The fourth-order valence-corrected chi connectivity index (χ4v) is 5.63. The summed E-state index contributed by atoms with van der Waals surface area (Å²) in [6.07, 6.45) is 0. The second kappa shape index (κ2) is 7.65. The summed E-state index contributed by atoms with van der Waals surface area (Å²) in [7, 11) is -3.80. The van der Waals surface area contributed by atoms with Crippen LogP contribution in [0.15, 0.2) is 51.8 Å². The lowest BCUT2D eigenvalue weighted by Gasteiger charge is -2.33. The topological polar surface area (TPSA) is 70.8 Å². The molecule has 0 N–H and O–H groups in total. The van der Waals surface area contributed by atoms with E-state index in [0.717, 1.165) is 10.9 Å². The van der Waals surface area contributed by atoms with Crippen molar-refractivity contribution in [2.45, 2.75) is 11.8 Å². The van der Waals surface area contributed by atoms with Crippen molar-refractivity contribution in [2.24, 2.45) is 0 Å². The fourth-order valence-electron chi connectivity index (χ4n) is 3.47. The Labute approximate surface area is 178 Å². The van der Waals surface area contributed by atoms with Crippen LogP contribution in [-0.2, 0) is 10.0 Å². The lowest BCUT2D eigenvalue weighted by molar-refractivity contribution is 0.0667. The number of carbonyl (C=O) groups is 1. The zero-order valence-electron chi connectivity index (χ0n) is 15.6. The van der Waals surface area contributed by atoms with Gasteiger partial charge >= 0.3 is 0 Å². The molecule has 152 valence electrons. The molecule has 0 bridgehead atoms. The number of nitrogens with zero attached hydrogens (tertiary/aromatic N) is 2. The van der Waals surface area contributed by atoms with Gasteiger partial charge < -0.3 is 9.32 Å². The van der Waals surface area contributed by atoms with Gasteiger partial charge in [-0.1, -0.05) is 41.4 Å². The number of carbonyl (C=O) groups excluding carboxylic acids is 1. The summed E-state index contributed by atoms with van der Waals surface area (Å²) in [6, 6.07) is 11.8. The average molecular weight is 453 g/mol. The first-order valence-corrected chi connectivity index (χ1v) is 11.2. The number of halogens is 2. The summed E-state index contributed by atoms with van der Waals surface area (Å²) in [6.45, 7) is 2.69. The third-order valence-electron chi connectivity index (χ3n) is 5.07. The molecule has 29 heavy (non-hydrogen) atoms. The van der Waals surface area contributed by atoms with Gasteiger partial charge in [0.25, 0.3) is 5.91 Å². The number of piperazine rings is 1. The highest BCUT2D eigenvalue weighted by Gasteiger charge is 2.33. The van der Waals surface area contributed by atoms with Crippen molar-refractivity contribution < 1.29 is 17.6 Å². The third-order valence-corrected chi connectivity index (χ3v) is 7.69. The molecule has 2 heterocycles. The molecule has 1 amide bonds. The molecule has 1 fully saturated rings. The zero-order valence-corrected chi connectivity index (χ0v) is 17.9. The summed E-state index contributed by atoms with van der Waals surface area (Å²) in [5, 5.41) is 1.31. The monoisotopic (exact) mass is 452 g/mol. The van der Waals surface area contributed by atoms with E-state index in [9.17, 15) is 13.2 Å². The first-order valence-electron chi connectivity index (χ1n) is 9.01. The summed E-state index contributed by atoms with van der Waals surface area (Å²) in [5.41, 5.74) is 1.44. The average Bonchev–Trinajstić information content (AvgIpc) is 3.06. The number of fused-ring (bicyclic) bond motifs is 1. The van der Waals surface area contributed by atoms with Gasteiger partial charge in [0, 0.05) is 42.2 Å². The standard InChI is InChI=1S/C20H18Cl2N2O4S/c1-13-15-4-2-3-5-17(15)28-19(13)20(25)23-8-10-24(11-9-23)29(26,27)18-12-14(21)6-7-16(18)22/h2-7,12H,8-11H2,1H3. The molecule has 0 atom stereocenters. The number of aryl methyl sites for hydroxylation is 1. The lowest BCUT2D eigenvalue weighted by Crippen LogP contribution is -2.50. The highest BCUT2D eigenvalue weighted by atomic mass is 35.5. The van der Waals surface area contributed by atoms with Crippen molar-refractivity contribution in [1.82, 2.24) is 9.21 Å². The molecule has 0 saturated carbocycles. The maximum absolute atomic E-state index is 12.9. The minimum Gasteiger partial charge on any atom is -0.451 e. The molecule has 2 aromatic carbocycles. The lowest BCUT2D eigenvalue weighted by atomic mass is 10.1. The van der Waals surface area contributed by atoms with Crippen molar-refractivity contribution in [3.63, 3.8) is 0 Å². The first kappa shape index (κ1) is 20.2. The van der Waals surface area contributed by atoms with Gasteiger partial charge in [-0.3, -0.25) is 4.79 Å². The number of amides is 1. The van der Waals surface area contributed by atoms with Crippen LogP contribution in [0.25, 0.3) is 11.0 Å². The molecule has 0 spiro atoms. The van der Waals surface area contributed by atoms with Gasteiger partial charge in [-0.25, -0.2) is 8.42 Å². The van der Waals surface area contributed by atoms with Crippen molar-refractivity contribution in [2.75, 3.05) is 26.2 Å². The van der Waals surface area contributed by atoms with E-state index in [-0.39, 0.29) is 42.0 Å². The van der Waals surface area contributed by atoms with E-state index in [1.54, 1.807) is 4.90 Å². The summed E-state index contributed by atoms with van der Waals surface area (Å²) in [4.78, 5) is 14.5. The second-order valence-electron chi connectivity index (χ2n) is 6.82. The third kappa shape index (κ3) is 3.64. The number of furan rings is 1. The van der Waals surface area contributed by atoms with E-state index in [1.807, 2.05) is 31.2 Å². The van der Waals surface area contributed by atoms with Gasteiger partial charge in [0.15, 0.2) is 5.76 Å². The van der Waals surface area contributed by atoms with Crippen LogP contribution in [-0.4, -0.2) is 49.7 Å². The van der Waals surface area contributed by atoms with Gasteiger partial charge in [0.05, 0.1) is 5.02 Å². The van der Waals surface area contributed by atoms with Crippen LogP contribution < -0.4 is 0 Å². The molecular formula is C20H18Cl2N2O4S. The molecular weight excluding hydrogens is 435 g/mol. The molecule has 0 aliphatic carbocycles. The van der Waals surface area contributed by atoms with Crippen LogP contribution in [0.5, 0.6) is 0 Å². The maximum atomic E-state index is 12.9. The Morgan fingerprint density at radius 1 is 1.03 bits per heavy atom. The fraction of sp³-hybridized carbons (Fsp3) is 0.250. The molecule has 0 unspecified atom stereocenters. The first-order chi connectivity index (χ1) is 13.8. The Bertz CT molecular complexity index is 1200. The SMILES string of the molecule is Cc1c(C(=O)N2CCN(S(=O)(=O)c3cc(Cl)ccc3Cl)CC2)oc2ccccc12. The number of para-hydroxylation sites is 1. The van der Waals surface area contributed by atoms with Gasteiger partial charge in [-0.15, -0.1) is 0 Å². The highest BCUT2D eigenvalue weighted by Crippen LogP contribution is 2.29. The molecule has 1 saturated heterocycles. The van der Waals surface area contributed by atoms with Crippen molar-refractivity contribution in [3.05, 3.63) is 63.8 Å². The molecule has 9 heteroatoms. The molecule has 1 aliphatic heterocycles. The molecule has 3 aromatic rings. The van der Waals surface area contributed by atoms with E-state index in [4.69, 9.17) is 27.6 Å². The van der Waals surface area contributed by atoms with E-state index in [0.29, 0.717) is 16.4 Å². The van der Waals surface area contributed by atoms with Crippen LogP contribution in [0.1, 0.15) is 16.1 Å². The van der Waals surface area contributed by atoms with Crippen molar-refractivity contribution in [1.29, 1.82) is 0 Å². The number of rotatable bonds is 3. The van der Waals surface area contributed by atoms with E-state index >= 15 is 0 Å². The molecule has 1 aliphatic rings. The van der Waals surface area contributed by atoms with Crippen LogP contribution >= 0.6 is 23.2 Å². The predicted octanol–water partition coefficient (Wildman–Crippen LogP) is 4.19. The summed E-state index contributed by atoms with van der Waals surface area (Å²) >= 11 is 12.0. The Balaban J connectivity index is 1.52. The Morgan fingerprint density at radius 3 is 2.41 bits per heavy atom. The van der Waals surface area contributed by atoms with Gasteiger partial charge in [-0.05, 0) is 31.2 Å². The largest absolute Gasteiger partial charge is 0.451 e. The van der Waals surface area contributed by atoms with Crippen LogP contribution in [0.2, 0.25) is 10.0 Å². The smallest absolute Gasteiger partial charge is 0.289 e. The molecule has 4 rings (SSSR count). The van der Waals surface area contributed by atoms with Gasteiger partial charge in [0.2, 0.25) is 10.0 Å². The van der Waals surface area contributed by atoms with E-state index in [1.165, 1.54) is 22.5 Å². The van der Waals surface area contributed by atoms with Gasteiger partial charge in [-0.2, -0.15) is 4.31 Å². The molecule has 6 nitrogen and oxygen atoms in total. The number of hydrogen-bond donors (Lipinski definition) is 0. The minimum atomic E-state index is -3.80. The maximum Gasteiger partial charge on any atom is 0.289 e. The molecule has 0 radical (unpaired) electrons. The molecule has 1 aromatic heterocycles. The predicted molar refractivity (Wildman–Crippen MR) is 112 cm³/mol. The minimum absolute atomic E-state index is 0.0282. The summed E-state index contributed by atoms with van der Waals surface area (Å²) < 4.78 is 32.9. The second-order valence-corrected chi connectivity index (χ2v) is 9.57. The number of hydrogen-bond acceptors (Lipinski definition) is 4. The van der Waals surface area contributed by atoms with Crippen LogP contribution in [0.4, 0.5) is 0 Å². The summed E-state index contributed by atoms with van der Waals surface area (Å²) in [5.74, 6) is 0.0527. The normalized spacial score (nSPS) is 15.8. The number of benzene rings is 2. The van der Waals surface area contributed by atoms with E-state index in [2.05, 4.69) is 0 Å². The van der Waals surface area contributed by atoms with Gasteiger partial charge in [0.1, 0.15) is 10.5 Å². The Morgan fingerprint density at radius 2 is 1.72 bits per heavy atom. The zero-order chi connectivity index (χ0) is 20.8. The van der Waals surface area contributed by atoms with E-state index < -0.39 is 10.0 Å². The highest BCUT2D eigenvalue weighted by molar-refractivity contribution is 7.89. The quantitative estimate of drug-likeness (QED) is 0.596. The van der Waals surface area contributed by atoms with Crippen molar-refractivity contribution in [3.8, 4) is 0 Å². The Kier molecular flexibility index (Phi) is 5.33. The number of sulfonamides is 1. The Hall–Kier alpha value is -2.06. The van der Waals surface area contributed by atoms with Crippen LogP contribution in [0.3, 0.4) is 0 Å². The van der Waals surface area contributed by atoms with Crippen LogP contribution in [0, 0.1) is 6.92 Å².